The summed E-state index contributed by atoms with van der Waals surface area (Å²) in [6.45, 7) is 16.2. The van der Waals surface area contributed by atoms with Crippen LogP contribution in [0.1, 0.15) is 47.0 Å². The molecule has 3 amide bonds. The molecule has 0 radical (unpaired) electrons. The van der Waals surface area contributed by atoms with Crippen LogP contribution in [0.4, 0.5) is 5.69 Å². The van der Waals surface area contributed by atoms with Crippen LogP contribution in [-0.2, 0) is 19.1 Å². The maximum absolute atomic E-state index is 14.7. The highest BCUT2D eigenvalue weighted by Crippen LogP contribution is 2.64. The Morgan fingerprint density at radius 3 is 2.37 bits per heavy atom. The number of benzene rings is 1. The van der Waals surface area contributed by atoms with Crippen LogP contribution in [0.5, 0.6) is 5.75 Å². The van der Waals surface area contributed by atoms with Gasteiger partial charge in [-0.05, 0) is 56.4 Å². The first-order valence-electron chi connectivity index (χ1n) is 14.6. The number of amides is 3. The van der Waals surface area contributed by atoms with Crippen molar-refractivity contribution in [3.05, 3.63) is 49.6 Å². The predicted molar refractivity (Wildman–Crippen MR) is 157 cm³/mol. The Hall–Kier alpha value is -3.17. The molecule has 41 heavy (non-hydrogen) atoms. The number of anilines is 1. The Morgan fingerprint density at radius 2 is 1.83 bits per heavy atom. The predicted octanol–water partition coefficient (Wildman–Crippen LogP) is 3.42. The first-order chi connectivity index (χ1) is 19.5. The number of rotatable bonds is 13. The zero-order valence-corrected chi connectivity index (χ0v) is 25.0. The highest BCUT2D eigenvalue weighted by molar-refractivity contribution is 6.05. The van der Waals surface area contributed by atoms with Gasteiger partial charge in [-0.25, -0.2) is 0 Å². The monoisotopic (exact) mass is 567 g/mol. The van der Waals surface area contributed by atoms with Gasteiger partial charge in [-0.3, -0.25) is 14.4 Å². The van der Waals surface area contributed by atoms with Gasteiger partial charge in [0.1, 0.15) is 17.4 Å². The molecule has 9 heteroatoms. The van der Waals surface area contributed by atoms with Gasteiger partial charge in [0.15, 0.2) is 0 Å². The number of aliphatic hydroxyl groups is 1. The molecule has 1 aromatic carbocycles. The molecule has 3 aliphatic heterocycles. The lowest BCUT2D eigenvalue weighted by molar-refractivity contribution is -0.152. The lowest BCUT2D eigenvalue weighted by Crippen LogP contribution is -2.60. The summed E-state index contributed by atoms with van der Waals surface area (Å²) in [4.78, 5) is 48.3. The van der Waals surface area contributed by atoms with Gasteiger partial charge < -0.3 is 29.3 Å². The Kier molecular flexibility index (Phi) is 8.99. The Balaban J connectivity index is 1.85. The lowest BCUT2D eigenvalue weighted by Gasteiger charge is -2.40. The van der Waals surface area contributed by atoms with Gasteiger partial charge in [-0.15, -0.1) is 13.2 Å². The summed E-state index contributed by atoms with van der Waals surface area (Å²) in [5, 5.41) is 10.5. The number of carbonyl (C=O) groups excluding carboxylic acids is 3. The highest BCUT2D eigenvalue weighted by atomic mass is 16.5. The molecule has 1 spiro atoms. The van der Waals surface area contributed by atoms with E-state index in [4.69, 9.17) is 9.47 Å². The van der Waals surface area contributed by atoms with Crippen molar-refractivity contribution in [3.63, 3.8) is 0 Å². The minimum atomic E-state index is -1.19. The molecule has 2 bridgehead atoms. The van der Waals surface area contributed by atoms with Crippen LogP contribution < -0.4 is 9.64 Å². The van der Waals surface area contributed by atoms with E-state index in [0.717, 1.165) is 6.42 Å². The standard InChI is InChI=1S/C32H45N3O6/c1-8-17-33(18-9-2)28(37)25-26-29(38)35(24(20-36)21(4)5)27(32(26)16-15-31(25,6)41-32)30(39)34(19-10-3)22-11-13-23(40-7)14-12-22/h8,10-14,21,24-27,36H,1,3,9,15-20H2,2,4-7H3/t24-,25+,26-,27?,31-,32?/m0/s1. The van der Waals surface area contributed by atoms with Gasteiger partial charge in [-0.2, -0.15) is 0 Å². The quantitative estimate of drug-likeness (QED) is 0.367. The van der Waals surface area contributed by atoms with Gasteiger partial charge in [-0.1, -0.05) is 32.9 Å². The van der Waals surface area contributed by atoms with Gasteiger partial charge in [0.25, 0.3) is 5.91 Å². The van der Waals surface area contributed by atoms with Crippen LogP contribution in [0.2, 0.25) is 0 Å². The zero-order chi connectivity index (χ0) is 30.1. The number of methoxy groups -OCH3 is 1. The topological polar surface area (TPSA) is 99.6 Å². The van der Waals surface area contributed by atoms with Crippen LogP contribution in [0.3, 0.4) is 0 Å². The van der Waals surface area contributed by atoms with E-state index in [2.05, 4.69) is 13.2 Å². The number of carbonyl (C=O) groups is 3. The number of hydrogen-bond donors (Lipinski definition) is 1. The van der Waals surface area contributed by atoms with Crippen LogP contribution in [0.15, 0.2) is 49.6 Å². The van der Waals surface area contributed by atoms with Crippen molar-refractivity contribution in [2.24, 2.45) is 17.8 Å². The van der Waals surface area contributed by atoms with Crippen LogP contribution in [-0.4, -0.2) is 89.3 Å². The summed E-state index contributed by atoms with van der Waals surface area (Å²) in [7, 11) is 1.58. The summed E-state index contributed by atoms with van der Waals surface area (Å²) in [6.07, 6.45) is 5.11. The second-order valence-electron chi connectivity index (χ2n) is 12.0. The average molecular weight is 568 g/mol. The number of nitrogens with zero attached hydrogens (tertiary/aromatic N) is 3. The number of hydrogen-bond acceptors (Lipinski definition) is 6. The summed E-state index contributed by atoms with van der Waals surface area (Å²) < 4.78 is 12.1. The summed E-state index contributed by atoms with van der Waals surface area (Å²) in [5.74, 6) is -1.83. The van der Waals surface area contributed by atoms with Crippen LogP contribution in [0, 0.1) is 17.8 Å². The Bertz CT molecular complexity index is 1170. The third-order valence-electron chi connectivity index (χ3n) is 9.14. The fourth-order valence-electron chi connectivity index (χ4n) is 7.27. The third kappa shape index (κ3) is 4.97. The number of ether oxygens (including phenoxy) is 2. The third-order valence-corrected chi connectivity index (χ3v) is 9.14. The number of likely N-dealkylation sites (tertiary alicyclic amines) is 1. The molecular formula is C32H45N3O6. The SMILES string of the molecule is C=CCN(CCC)C(=O)[C@H]1[C@H]2C(=O)N([C@@H](CO)C(C)C)C(C(=O)N(CC=C)c3ccc(OC)cc3)C23CC[C@]1(C)O3. The van der Waals surface area contributed by atoms with E-state index in [-0.39, 0.29) is 36.8 Å². The minimum Gasteiger partial charge on any atom is -0.497 e. The van der Waals surface area contributed by atoms with E-state index in [9.17, 15) is 19.5 Å². The number of aliphatic hydroxyl groups excluding tert-OH is 1. The van der Waals surface area contributed by atoms with Crippen molar-refractivity contribution < 1.29 is 29.0 Å². The van der Waals surface area contributed by atoms with E-state index < -0.39 is 35.1 Å². The normalized spacial score (nSPS) is 28.9. The second kappa shape index (κ2) is 12.0. The smallest absolute Gasteiger partial charge is 0.253 e. The van der Waals surface area contributed by atoms with E-state index >= 15 is 0 Å². The van der Waals surface area contributed by atoms with Crippen molar-refractivity contribution in [1.29, 1.82) is 0 Å². The van der Waals surface area contributed by atoms with Gasteiger partial charge in [0, 0.05) is 25.3 Å². The molecule has 1 N–H and O–H groups in total. The van der Waals surface area contributed by atoms with E-state index in [1.54, 1.807) is 58.2 Å². The molecule has 1 aromatic rings. The molecule has 224 valence electrons. The molecule has 4 rings (SSSR count). The molecule has 3 saturated heterocycles. The fraction of sp³-hybridized carbons (Fsp3) is 0.594. The molecule has 9 nitrogen and oxygen atoms in total. The largest absolute Gasteiger partial charge is 0.497 e. The molecule has 0 aromatic heterocycles. The fourth-order valence-corrected chi connectivity index (χ4v) is 7.27. The minimum absolute atomic E-state index is 0.136. The maximum atomic E-state index is 14.7. The van der Waals surface area contributed by atoms with E-state index in [1.165, 1.54) is 0 Å². The first kappa shape index (κ1) is 30.8. The molecule has 2 unspecified atom stereocenters. The molecule has 0 saturated carbocycles. The van der Waals surface area contributed by atoms with Crippen molar-refractivity contribution in [2.45, 2.75) is 70.2 Å². The van der Waals surface area contributed by atoms with Crippen LogP contribution in [0.25, 0.3) is 0 Å². The number of fused-ring (bicyclic) bond motifs is 1. The Morgan fingerprint density at radius 1 is 1.17 bits per heavy atom. The summed E-state index contributed by atoms with van der Waals surface area (Å²) in [5.41, 5.74) is -1.45. The molecule has 3 heterocycles. The molecule has 6 atom stereocenters. The second-order valence-corrected chi connectivity index (χ2v) is 12.0. The van der Waals surface area contributed by atoms with Gasteiger partial charge in [0.2, 0.25) is 11.8 Å². The zero-order valence-electron chi connectivity index (χ0n) is 25.0. The molecule has 3 aliphatic rings. The molecule has 3 fully saturated rings. The summed E-state index contributed by atoms with van der Waals surface area (Å²) >= 11 is 0. The maximum Gasteiger partial charge on any atom is 0.253 e. The van der Waals surface area contributed by atoms with Crippen molar-refractivity contribution >= 4 is 23.4 Å². The molecule has 0 aliphatic carbocycles. The molecular weight excluding hydrogens is 522 g/mol. The van der Waals surface area contributed by atoms with E-state index in [0.29, 0.717) is 37.4 Å². The summed E-state index contributed by atoms with van der Waals surface area (Å²) in [6, 6.07) is 5.50. The van der Waals surface area contributed by atoms with Crippen molar-refractivity contribution in [1.82, 2.24) is 9.80 Å². The average Bonchev–Trinajstić information content (AvgIpc) is 3.52. The Labute approximate surface area is 243 Å². The highest BCUT2D eigenvalue weighted by Gasteiger charge is 2.79. The van der Waals surface area contributed by atoms with Crippen molar-refractivity contribution in [3.8, 4) is 5.75 Å². The van der Waals surface area contributed by atoms with Gasteiger partial charge in [0.05, 0.1) is 37.2 Å². The first-order valence-corrected chi connectivity index (χ1v) is 14.6. The lowest BCUT2D eigenvalue weighted by atomic mass is 9.66. The van der Waals surface area contributed by atoms with Gasteiger partial charge >= 0.3 is 0 Å². The van der Waals surface area contributed by atoms with E-state index in [1.807, 2.05) is 27.7 Å². The van der Waals surface area contributed by atoms with Crippen LogP contribution >= 0.6 is 0 Å². The van der Waals surface area contributed by atoms with Crippen molar-refractivity contribution in [2.75, 3.05) is 38.3 Å².